The number of esters is 1. The van der Waals surface area contributed by atoms with Gasteiger partial charge in [0, 0.05) is 12.1 Å². The Morgan fingerprint density at radius 3 is 2.67 bits per heavy atom. The summed E-state index contributed by atoms with van der Waals surface area (Å²) in [5.74, 6) is -0.347. The predicted octanol–water partition coefficient (Wildman–Crippen LogP) is 2.88. The Labute approximate surface area is 120 Å². The molecule has 3 N–H and O–H groups in total. The Balaban J connectivity index is 2.70. The minimum atomic E-state index is -0.347. The number of hydrogen-bond donors (Lipinski definition) is 2. The molecule has 0 saturated carbocycles. The number of halogens is 3. The van der Waals surface area contributed by atoms with Gasteiger partial charge in [-0.2, -0.15) is 0 Å². The van der Waals surface area contributed by atoms with E-state index in [1.807, 2.05) is 0 Å². The molecule has 1 aromatic rings. The summed E-state index contributed by atoms with van der Waals surface area (Å²) in [5, 5.41) is 3.85. The number of nitrogens with one attached hydrogen (secondary N) is 1. The first kappa shape index (κ1) is 15.4. The molecule has 100 valence electrons. The highest BCUT2D eigenvalue weighted by Crippen LogP contribution is 2.35. The first-order chi connectivity index (χ1) is 8.47. The number of carbonyl (C=O) groups excluding carboxylic acids is 1. The van der Waals surface area contributed by atoms with Crippen LogP contribution in [0.1, 0.15) is 12.5 Å². The number of ether oxygens (including phenoxy) is 1. The molecule has 0 radical (unpaired) electrons. The number of anilines is 1. The van der Waals surface area contributed by atoms with Gasteiger partial charge in [-0.25, -0.2) is 0 Å². The Morgan fingerprint density at radius 2 is 2.06 bits per heavy atom. The van der Waals surface area contributed by atoms with Crippen molar-refractivity contribution in [3.05, 3.63) is 26.7 Å². The topological polar surface area (TPSA) is 64.3 Å². The van der Waals surface area contributed by atoms with E-state index in [0.29, 0.717) is 32.9 Å². The van der Waals surface area contributed by atoms with E-state index < -0.39 is 0 Å². The van der Waals surface area contributed by atoms with Gasteiger partial charge in [-0.05, 0) is 13.0 Å². The number of benzene rings is 1. The van der Waals surface area contributed by atoms with Crippen molar-refractivity contribution in [2.75, 3.05) is 18.9 Å². The van der Waals surface area contributed by atoms with Crippen molar-refractivity contribution in [1.29, 1.82) is 0 Å². The second-order valence-corrected chi connectivity index (χ2v) is 4.65. The number of nitrogen functional groups attached to an aromatic ring is 1. The SMILES string of the molecule is CCOC(=O)CNCc1c(N)c(Cl)cc(Cl)c1Cl. The van der Waals surface area contributed by atoms with Gasteiger partial charge in [0.15, 0.2) is 0 Å². The molecule has 0 aromatic heterocycles. The Morgan fingerprint density at radius 1 is 1.39 bits per heavy atom. The van der Waals surface area contributed by atoms with E-state index in [1.165, 1.54) is 6.07 Å². The largest absolute Gasteiger partial charge is 0.465 e. The Hall–Kier alpha value is -0.680. The first-order valence-electron chi connectivity index (χ1n) is 5.25. The van der Waals surface area contributed by atoms with Crippen LogP contribution in [0.15, 0.2) is 6.07 Å². The molecule has 0 atom stereocenters. The fourth-order valence-electron chi connectivity index (χ4n) is 1.33. The van der Waals surface area contributed by atoms with Gasteiger partial charge in [-0.3, -0.25) is 4.79 Å². The lowest BCUT2D eigenvalue weighted by atomic mass is 10.1. The maximum absolute atomic E-state index is 11.1. The Kier molecular flexibility index (Phi) is 6.02. The van der Waals surface area contributed by atoms with Crippen LogP contribution in [0, 0.1) is 0 Å². The summed E-state index contributed by atoms with van der Waals surface area (Å²) in [5.41, 5.74) is 6.71. The quantitative estimate of drug-likeness (QED) is 0.498. The lowest BCUT2D eigenvalue weighted by Gasteiger charge is -2.12. The number of carbonyl (C=O) groups is 1. The molecular formula is C11H13Cl3N2O2. The zero-order chi connectivity index (χ0) is 13.7. The summed E-state index contributed by atoms with van der Waals surface area (Å²) < 4.78 is 4.77. The predicted molar refractivity (Wildman–Crippen MR) is 74.2 cm³/mol. The van der Waals surface area contributed by atoms with Crippen molar-refractivity contribution in [2.24, 2.45) is 0 Å². The zero-order valence-electron chi connectivity index (χ0n) is 9.73. The average molecular weight is 312 g/mol. The molecule has 0 aliphatic rings. The monoisotopic (exact) mass is 310 g/mol. The maximum atomic E-state index is 11.1. The van der Waals surface area contributed by atoms with E-state index in [4.69, 9.17) is 45.3 Å². The summed E-state index contributed by atoms with van der Waals surface area (Å²) in [6.07, 6.45) is 0. The van der Waals surface area contributed by atoms with E-state index in [-0.39, 0.29) is 19.1 Å². The van der Waals surface area contributed by atoms with Gasteiger partial charge in [0.1, 0.15) is 0 Å². The van der Waals surface area contributed by atoms with Crippen LogP contribution < -0.4 is 11.1 Å². The van der Waals surface area contributed by atoms with Gasteiger partial charge >= 0.3 is 5.97 Å². The highest BCUT2D eigenvalue weighted by molar-refractivity contribution is 6.44. The van der Waals surface area contributed by atoms with Gasteiger partial charge in [0.05, 0.1) is 33.9 Å². The maximum Gasteiger partial charge on any atom is 0.319 e. The van der Waals surface area contributed by atoms with E-state index in [1.54, 1.807) is 6.92 Å². The lowest BCUT2D eigenvalue weighted by Crippen LogP contribution is -2.24. The second-order valence-electron chi connectivity index (χ2n) is 3.45. The van der Waals surface area contributed by atoms with E-state index in [2.05, 4.69) is 5.32 Å². The molecule has 0 unspecified atom stereocenters. The van der Waals surface area contributed by atoms with Crippen molar-refractivity contribution in [1.82, 2.24) is 5.32 Å². The Bertz CT molecular complexity index is 426. The summed E-state index contributed by atoms with van der Waals surface area (Å²) in [6, 6.07) is 1.48. The molecule has 0 aliphatic heterocycles. The van der Waals surface area contributed by atoms with Crippen LogP contribution in [0.4, 0.5) is 5.69 Å². The molecule has 0 heterocycles. The fourth-order valence-corrected chi connectivity index (χ4v) is 2.06. The molecule has 1 aromatic carbocycles. The van der Waals surface area contributed by atoms with Crippen molar-refractivity contribution < 1.29 is 9.53 Å². The molecule has 1 rings (SSSR count). The van der Waals surface area contributed by atoms with Gasteiger partial charge in [0.25, 0.3) is 0 Å². The van der Waals surface area contributed by atoms with Crippen molar-refractivity contribution >= 4 is 46.5 Å². The van der Waals surface area contributed by atoms with E-state index in [0.717, 1.165) is 0 Å². The van der Waals surface area contributed by atoms with Crippen molar-refractivity contribution in [2.45, 2.75) is 13.5 Å². The third-order valence-corrected chi connectivity index (χ3v) is 3.33. The smallest absolute Gasteiger partial charge is 0.319 e. The average Bonchev–Trinajstić information content (AvgIpc) is 2.31. The molecular weight excluding hydrogens is 298 g/mol. The molecule has 4 nitrogen and oxygen atoms in total. The number of nitrogens with two attached hydrogens (primary N) is 1. The fraction of sp³-hybridized carbons (Fsp3) is 0.364. The van der Waals surface area contributed by atoms with Crippen LogP contribution in [0.3, 0.4) is 0 Å². The number of hydrogen-bond acceptors (Lipinski definition) is 4. The van der Waals surface area contributed by atoms with Gasteiger partial charge in [-0.1, -0.05) is 34.8 Å². The van der Waals surface area contributed by atoms with Crippen molar-refractivity contribution in [3.63, 3.8) is 0 Å². The van der Waals surface area contributed by atoms with Crippen LogP contribution in [-0.2, 0) is 16.1 Å². The highest BCUT2D eigenvalue weighted by Gasteiger charge is 2.13. The molecule has 0 spiro atoms. The van der Waals surface area contributed by atoms with Gasteiger partial charge in [0.2, 0.25) is 0 Å². The molecule has 18 heavy (non-hydrogen) atoms. The second kappa shape index (κ2) is 7.04. The molecule has 0 aliphatic carbocycles. The minimum absolute atomic E-state index is 0.0632. The molecule has 0 bridgehead atoms. The summed E-state index contributed by atoms with van der Waals surface area (Å²) in [4.78, 5) is 11.1. The minimum Gasteiger partial charge on any atom is -0.465 e. The summed E-state index contributed by atoms with van der Waals surface area (Å²) in [6.45, 7) is 2.42. The summed E-state index contributed by atoms with van der Waals surface area (Å²) >= 11 is 17.8. The van der Waals surface area contributed by atoms with Crippen molar-refractivity contribution in [3.8, 4) is 0 Å². The molecule has 0 amide bonds. The summed E-state index contributed by atoms with van der Waals surface area (Å²) in [7, 11) is 0. The lowest BCUT2D eigenvalue weighted by molar-refractivity contribution is -0.142. The molecule has 0 saturated heterocycles. The molecule has 7 heteroatoms. The van der Waals surface area contributed by atoms with Crippen LogP contribution in [0.25, 0.3) is 0 Å². The molecule has 0 fully saturated rings. The van der Waals surface area contributed by atoms with Gasteiger partial charge < -0.3 is 15.8 Å². The van der Waals surface area contributed by atoms with Crippen LogP contribution in [0.5, 0.6) is 0 Å². The van der Waals surface area contributed by atoms with Gasteiger partial charge in [-0.15, -0.1) is 0 Å². The highest BCUT2D eigenvalue weighted by atomic mass is 35.5. The zero-order valence-corrected chi connectivity index (χ0v) is 12.0. The standard InChI is InChI=1S/C11H13Cl3N2O2/c1-2-18-9(17)5-16-4-6-10(14)7(12)3-8(13)11(6)15/h3,16H,2,4-5,15H2,1H3. The van der Waals surface area contributed by atoms with Crippen LogP contribution >= 0.6 is 34.8 Å². The van der Waals surface area contributed by atoms with E-state index in [9.17, 15) is 4.79 Å². The van der Waals surface area contributed by atoms with Crippen LogP contribution in [-0.4, -0.2) is 19.1 Å². The normalized spacial score (nSPS) is 10.4. The van der Waals surface area contributed by atoms with Crippen LogP contribution in [0.2, 0.25) is 15.1 Å². The third kappa shape index (κ3) is 3.92. The third-order valence-electron chi connectivity index (χ3n) is 2.19. The van der Waals surface area contributed by atoms with E-state index >= 15 is 0 Å². The number of rotatable bonds is 5. The first-order valence-corrected chi connectivity index (χ1v) is 6.39.